The lowest BCUT2D eigenvalue weighted by atomic mass is 10.1. The number of ether oxygens (including phenoxy) is 1. The van der Waals surface area contributed by atoms with Crippen LogP contribution in [0.2, 0.25) is 0 Å². The number of urea groups is 1. The molecule has 2 aromatic rings. The average molecular weight is 328 g/mol. The van der Waals surface area contributed by atoms with Crippen LogP contribution in [0.1, 0.15) is 13.3 Å². The van der Waals surface area contributed by atoms with Gasteiger partial charge in [0.05, 0.1) is 12.6 Å². The minimum atomic E-state index is -0.414. The van der Waals surface area contributed by atoms with Gasteiger partial charge in [0, 0.05) is 12.1 Å². The number of carbonyl (C=O) groups is 1. The quantitative estimate of drug-likeness (QED) is 0.653. The molecule has 2 rings (SSSR count). The summed E-state index contributed by atoms with van der Waals surface area (Å²) in [6.07, 6.45) is 0.122. The van der Waals surface area contributed by atoms with Crippen molar-refractivity contribution in [2.24, 2.45) is 0 Å². The molecule has 0 spiro atoms. The van der Waals surface area contributed by atoms with Gasteiger partial charge in [0.1, 0.15) is 12.4 Å². The molecule has 1 unspecified atom stereocenters. The van der Waals surface area contributed by atoms with Crippen LogP contribution < -0.4 is 15.4 Å². The molecule has 0 saturated heterocycles. The molecule has 5 heteroatoms. The van der Waals surface area contributed by atoms with Crippen LogP contribution >= 0.6 is 0 Å². The van der Waals surface area contributed by atoms with Crippen LogP contribution in [-0.2, 0) is 0 Å². The highest BCUT2D eigenvalue weighted by Gasteiger charge is 2.05. The molecule has 24 heavy (non-hydrogen) atoms. The van der Waals surface area contributed by atoms with Crippen LogP contribution in [0.15, 0.2) is 54.6 Å². The highest BCUT2D eigenvalue weighted by Crippen LogP contribution is 2.29. The first kappa shape index (κ1) is 17.8. The number of aliphatic hydroxyl groups excluding tert-OH is 1. The van der Waals surface area contributed by atoms with Crippen molar-refractivity contribution in [2.75, 3.05) is 19.7 Å². The molecule has 0 fully saturated rings. The molecule has 0 radical (unpaired) electrons. The monoisotopic (exact) mass is 328 g/mol. The van der Waals surface area contributed by atoms with E-state index in [4.69, 9.17) is 9.84 Å². The van der Waals surface area contributed by atoms with Gasteiger partial charge in [0.2, 0.25) is 0 Å². The summed E-state index contributed by atoms with van der Waals surface area (Å²) in [5.41, 5.74) is 2.12. The van der Waals surface area contributed by atoms with Gasteiger partial charge in [-0.2, -0.15) is 0 Å². The maximum absolute atomic E-state index is 11.6. The Labute approximate surface area is 142 Å². The Bertz CT molecular complexity index is 630. The minimum Gasteiger partial charge on any atom is -0.491 e. The first-order chi connectivity index (χ1) is 11.7. The molecule has 0 saturated carbocycles. The molecule has 128 valence electrons. The van der Waals surface area contributed by atoms with Crippen LogP contribution in [0.3, 0.4) is 0 Å². The van der Waals surface area contributed by atoms with Crippen LogP contribution in [0.4, 0.5) is 4.79 Å². The summed E-state index contributed by atoms with van der Waals surface area (Å²) in [5.74, 6) is 0.792. The summed E-state index contributed by atoms with van der Waals surface area (Å²) in [5, 5.41) is 14.5. The van der Waals surface area contributed by atoms with Gasteiger partial charge >= 0.3 is 6.03 Å². The van der Waals surface area contributed by atoms with Crippen molar-refractivity contribution in [3.8, 4) is 16.9 Å². The molecular weight excluding hydrogens is 304 g/mol. The van der Waals surface area contributed by atoms with E-state index in [0.717, 1.165) is 16.9 Å². The Balaban J connectivity index is 1.78. The second kappa shape index (κ2) is 9.57. The molecule has 0 aliphatic heterocycles. The van der Waals surface area contributed by atoms with Crippen LogP contribution in [0.5, 0.6) is 5.75 Å². The van der Waals surface area contributed by atoms with Crippen molar-refractivity contribution in [3.63, 3.8) is 0 Å². The molecule has 0 aliphatic carbocycles. The number of rotatable bonds is 8. The zero-order chi connectivity index (χ0) is 17.2. The van der Waals surface area contributed by atoms with E-state index in [1.165, 1.54) is 0 Å². The van der Waals surface area contributed by atoms with E-state index in [1.807, 2.05) is 54.6 Å². The lowest BCUT2D eigenvalue weighted by Gasteiger charge is -2.12. The number of carbonyl (C=O) groups excluding carboxylic acids is 1. The highest BCUT2D eigenvalue weighted by atomic mass is 16.5. The maximum atomic E-state index is 11.6. The molecule has 5 nitrogen and oxygen atoms in total. The standard InChI is InChI=1S/C19H24N2O3/c1-15(22)11-12-20-19(23)21-13-14-24-18-10-6-5-9-17(18)16-7-3-2-4-8-16/h2-10,15,22H,11-14H2,1H3,(H2,20,21,23). The van der Waals surface area contributed by atoms with Crippen LogP contribution in [-0.4, -0.2) is 36.9 Å². The summed E-state index contributed by atoms with van der Waals surface area (Å²) < 4.78 is 5.80. The molecule has 0 aliphatic rings. The summed E-state index contributed by atoms with van der Waals surface area (Å²) in [4.78, 5) is 11.6. The van der Waals surface area contributed by atoms with E-state index in [2.05, 4.69) is 10.6 Å². The summed E-state index contributed by atoms with van der Waals surface area (Å²) in [6.45, 7) is 2.93. The smallest absolute Gasteiger partial charge is 0.314 e. The fourth-order valence-corrected chi connectivity index (χ4v) is 2.23. The van der Waals surface area contributed by atoms with Gasteiger partial charge < -0.3 is 20.5 Å². The van der Waals surface area contributed by atoms with E-state index in [-0.39, 0.29) is 6.03 Å². The zero-order valence-corrected chi connectivity index (χ0v) is 13.9. The molecule has 1 atom stereocenters. The fourth-order valence-electron chi connectivity index (χ4n) is 2.23. The average Bonchev–Trinajstić information content (AvgIpc) is 2.59. The second-order valence-electron chi connectivity index (χ2n) is 5.53. The molecule has 2 aromatic carbocycles. The molecular formula is C19H24N2O3. The Morgan fingerprint density at radius 1 is 1.04 bits per heavy atom. The minimum absolute atomic E-state index is 0.254. The van der Waals surface area contributed by atoms with Crippen molar-refractivity contribution in [2.45, 2.75) is 19.4 Å². The van der Waals surface area contributed by atoms with Crippen LogP contribution in [0.25, 0.3) is 11.1 Å². The molecule has 0 heterocycles. The van der Waals surface area contributed by atoms with Crippen LogP contribution in [0, 0.1) is 0 Å². The first-order valence-corrected chi connectivity index (χ1v) is 8.14. The predicted molar refractivity (Wildman–Crippen MR) is 95.1 cm³/mol. The zero-order valence-electron chi connectivity index (χ0n) is 13.9. The van der Waals surface area contributed by atoms with Crippen molar-refractivity contribution in [1.29, 1.82) is 0 Å². The van der Waals surface area contributed by atoms with Crippen molar-refractivity contribution < 1.29 is 14.6 Å². The van der Waals surface area contributed by atoms with Gasteiger partial charge in [-0.1, -0.05) is 48.5 Å². The SMILES string of the molecule is CC(O)CCNC(=O)NCCOc1ccccc1-c1ccccc1. The number of aliphatic hydroxyl groups is 1. The van der Waals surface area contributed by atoms with E-state index >= 15 is 0 Å². The normalized spacial score (nSPS) is 11.6. The molecule has 0 bridgehead atoms. The Kier molecular flexibility index (Phi) is 7.11. The summed E-state index contributed by atoms with van der Waals surface area (Å²) >= 11 is 0. The third-order valence-corrected chi connectivity index (χ3v) is 3.46. The highest BCUT2D eigenvalue weighted by molar-refractivity contribution is 5.73. The van der Waals surface area contributed by atoms with Gasteiger partial charge in [-0.05, 0) is 25.0 Å². The number of para-hydroxylation sites is 1. The van der Waals surface area contributed by atoms with Crippen molar-refractivity contribution in [3.05, 3.63) is 54.6 Å². The number of nitrogens with one attached hydrogen (secondary N) is 2. The van der Waals surface area contributed by atoms with E-state index in [1.54, 1.807) is 6.92 Å². The largest absolute Gasteiger partial charge is 0.491 e. The Hall–Kier alpha value is -2.53. The van der Waals surface area contributed by atoms with Gasteiger partial charge in [0.25, 0.3) is 0 Å². The molecule has 0 aromatic heterocycles. The Morgan fingerprint density at radius 3 is 2.46 bits per heavy atom. The molecule has 3 N–H and O–H groups in total. The first-order valence-electron chi connectivity index (χ1n) is 8.14. The van der Waals surface area contributed by atoms with E-state index in [0.29, 0.717) is 26.1 Å². The van der Waals surface area contributed by atoms with Gasteiger partial charge in [-0.3, -0.25) is 0 Å². The number of benzene rings is 2. The third kappa shape index (κ3) is 5.93. The Morgan fingerprint density at radius 2 is 1.71 bits per heavy atom. The summed E-state index contributed by atoms with van der Waals surface area (Å²) in [7, 11) is 0. The van der Waals surface area contributed by atoms with Gasteiger partial charge in [-0.15, -0.1) is 0 Å². The van der Waals surface area contributed by atoms with Gasteiger partial charge in [0.15, 0.2) is 0 Å². The second-order valence-corrected chi connectivity index (χ2v) is 5.53. The van der Waals surface area contributed by atoms with E-state index < -0.39 is 6.10 Å². The predicted octanol–water partition coefficient (Wildman–Crippen LogP) is 2.80. The maximum Gasteiger partial charge on any atom is 0.314 e. The van der Waals surface area contributed by atoms with E-state index in [9.17, 15) is 4.79 Å². The number of amides is 2. The van der Waals surface area contributed by atoms with Crippen molar-refractivity contribution in [1.82, 2.24) is 10.6 Å². The topological polar surface area (TPSA) is 70.6 Å². The fraction of sp³-hybridized carbons (Fsp3) is 0.316. The lowest BCUT2D eigenvalue weighted by molar-refractivity contribution is 0.183. The van der Waals surface area contributed by atoms with Gasteiger partial charge in [-0.25, -0.2) is 4.79 Å². The third-order valence-electron chi connectivity index (χ3n) is 3.46. The lowest BCUT2D eigenvalue weighted by Crippen LogP contribution is -2.38. The number of hydrogen-bond acceptors (Lipinski definition) is 3. The summed E-state index contributed by atoms with van der Waals surface area (Å²) in [6, 6.07) is 17.6. The molecule has 2 amide bonds. The number of hydrogen-bond donors (Lipinski definition) is 3. The van der Waals surface area contributed by atoms with Crippen molar-refractivity contribution >= 4 is 6.03 Å².